The van der Waals surface area contributed by atoms with Gasteiger partial charge in [-0.1, -0.05) is 0 Å². The van der Waals surface area contributed by atoms with Crippen molar-refractivity contribution in [1.29, 1.82) is 5.26 Å². The molecule has 114 valence electrons. The number of nitrogens with zero attached hydrogens (tertiary/aromatic N) is 1. The second-order valence-corrected chi connectivity index (χ2v) is 9.11. The predicted molar refractivity (Wildman–Crippen MR) is 77.9 cm³/mol. The molecule has 1 unspecified atom stereocenters. The van der Waals surface area contributed by atoms with Crippen LogP contribution in [0.3, 0.4) is 0 Å². The fraction of sp³-hybridized carbons (Fsp3) is 0.462. The van der Waals surface area contributed by atoms with E-state index in [0.29, 0.717) is 24.0 Å². The Morgan fingerprint density at radius 3 is 2.67 bits per heavy atom. The van der Waals surface area contributed by atoms with Crippen LogP contribution in [0.4, 0.5) is 0 Å². The first-order chi connectivity index (χ1) is 9.73. The maximum Gasteiger partial charge on any atom is 0.240 e. The minimum atomic E-state index is -3.78. The molecule has 0 aromatic heterocycles. The summed E-state index contributed by atoms with van der Waals surface area (Å²) in [6.07, 6.45) is 0.968. The van der Waals surface area contributed by atoms with Gasteiger partial charge in [0, 0.05) is 6.04 Å². The summed E-state index contributed by atoms with van der Waals surface area (Å²) in [6.45, 7) is 1.66. The summed E-state index contributed by atoms with van der Waals surface area (Å²) in [7, 11) is -6.96. The molecule has 1 N–H and O–H groups in total. The van der Waals surface area contributed by atoms with Gasteiger partial charge in [-0.3, -0.25) is 0 Å². The highest BCUT2D eigenvalue weighted by Gasteiger charge is 2.28. The van der Waals surface area contributed by atoms with E-state index >= 15 is 0 Å². The molecular weight excluding hydrogens is 312 g/mol. The van der Waals surface area contributed by atoms with Gasteiger partial charge in [-0.25, -0.2) is 21.6 Å². The van der Waals surface area contributed by atoms with Gasteiger partial charge in [-0.15, -0.1) is 0 Å². The highest BCUT2D eigenvalue weighted by molar-refractivity contribution is 7.91. The third kappa shape index (κ3) is 3.81. The summed E-state index contributed by atoms with van der Waals surface area (Å²) in [5, 5.41) is 8.85. The molecule has 8 heteroatoms. The number of nitriles is 1. The van der Waals surface area contributed by atoms with Gasteiger partial charge in [0.2, 0.25) is 10.0 Å². The van der Waals surface area contributed by atoms with E-state index in [9.17, 15) is 16.8 Å². The smallest absolute Gasteiger partial charge is 0.229 e. The fourth-order valence-corrected chi connectivity index (χ4v) is 5.43. The number of aryl methyl sites for hydroxylation is 1. The second-order valence-electron chi connectivity index (χ2n) is 5.16. The number of hydrogen-bond acceptors (Lipinski definition) is 5. The highest BCUT2D eigenvalue weighted by Crippen LogP contribution is 2.18. The minimum Gasteiger partial charge on any atom is -0.229 e. The van der Waals surface area contributed by atoms with Crippen LogP contribution in [0.1, 0.15) is 24.0 Å². The lowest BCUT2D eigenvalue weighted by atomic mass is 10.1. The Bertz CT molecular complexity index is 792. The Balaban J connectivity index is 2.23. The molecule has 1 heterocycles. The van der Waals surface area contributed by atoms with Crippen LogP contribution >= 0.6 is 0 Å². The lowest BCUT2D eigenvalue weighted by molar-refractivity contribution is 0.517. The van der Waals surface area contributed by atoms with E-state index < -0.39 is 25.9 Å². The van der Waals surface area contributed by atoms with E-state index in [2.05, 4.69) is 4.72 Å². The molecule has 1 fully saturated rings. The van der Waals surface area contributed by atoms with Crippen LogP contribution in [0.25, 0.3) is 0 Å². The third-order valence-electron chi connectivity index (χ3n) is 3.41. The molecule has 0 bridgehead atoms. The van der Waals surface area contributed by atoms with Gasteiger partial charge in [0.15, 0.2) is 9.84 Å². The lowest BCUT2D eigenvalue weighted by Crippen LogP contribution is -2.43. The minimum absolute atomic E-state index is 0.0435. The summed E-state index contributed by atoms with van der Waals surface area (Å²) in [5.74, 6) is -0.0529. The Kier molecular flexibility index (Phi) is 4.37. The normalized spacial score (nSPS) is 21.6. The Labute approximate surface area is 124 Å². The molecule has 0 radical (unpaired) electrons. The molecule has 1 aliphatic rings. The molecule has 0 amide bonds. The van der Waals surface area contributed by atoms with Crippen LogP contribution in [0.15, 0.2) is 23.1 Å². The maximum atomic E-state index is 12.3. The summed E-state index contributed by atoms with van der Waals surface area (Å²) >= 11 is 0. The molecular formula is C13H16N2O4S2. The van der Waals surface area contributed by atoms with Crippen molar-refractivity contribution in [1.82, 2.24) is 4.72 Å². The van der Waals surface area contributed by atoms with Crippen LogP contribution in [-0.2, 0) is 19.9 Å². The Morgan fingerprint density at radius 1 is 1.38 bits per heavy atom. The van der Waals surface area contributed by atoms with E-state index in [1.165, 1.54) is 18.2 Å². The number of benzene rings is 1. The molecule has 1 saturated heterocycles. The lowest BCUT2D eigenvalue weighted by Gasteiger charge is -2.22. The number of rotatable bonds is 3. The topological polar surface area (TPSA) is 104 Å². The number of sulfonamides is 1. The predicted octanol–water partition coefficient (Wildman–Crippen LogP) is 0.722. The second kappa shape index (κ2) is 5.75. The Morgan fingerprint density at radius 2 is 2.10 bits per heavy atom. The van der Waals surface area contributed by atoms with E-state index in [4.69, 9.17) is 5.26 Å². The molecule has 1 atom stereocenters. The quantitative estimate of drug-likeness (QED) is 0.880. The number of nitrogens with one attached hydrogen (secondary N) is 1. The van der Waals surface area contributed by atoms with Crippen molar-refractivity contribution < 1.29 is 16.8 Å². The summed E-state index contributed by atoms with van der Waals surface area (Å²) in [5.41, 5.74) is 0.978. The van der Waals surface area contributed by atoms with Gasteiger partial charge in [0.1, 0.15) is 0 Å². The zero-order valence-corrected chi connectivity index (χ0v) is 13.2. The molecule has 0 saturated carbocycles. The highest BCUT2D eigenvalue weighted by atomic mass is 32.2. The van der Waals surface area contributed by atoms with Crippen molar-refractivity contribution in [2.24, 2.45) is 0 Å². The molecule has 0 aliphatic carbocycles. The molecule has 1 aromatic rings. The summed E-state index contributed by atoms with van der Waals surface area (Å²) < 4.78 is 50.1. The zero-order chi connectivity index (χ0) is 15.7. The number of hydrogen-bond donors (Lipinski definition) is 1. The molecule has 21 heavy (non-hydrogen) atoms. The first kappa shape index (κ1) is 15.9. The van der Waals surface area contributed by atoms with Gasteiger partial charge < -0.3 is 0 Å². The van der Waals surface area contributed by atoms with Crippen LogP contribution in [0, 0.1) is 18.3 Å². The average Bonchev–Trinajstić information content (AvgIpc) is 2.36. The van der Waals surface area contributed by atoms with Crippen molar-refractivity contribution in [3.63, 3.8) is 0 Å². The van der Waals surface area contributed by atoms with Crippen molar-refractivity contribution in [3.05, 3.63) is 29.3 Å². The monoisotopic (exact) mass is 328 g/mol. The fourth-order valence-electron chi connectivity index (χ4n) is 2.33. The van der Waals surface area contributed by atoms with Gasteiger partial charge in [0.25, 0.3) is 0 Å². The third-order valence-corrected chi connectivity index (χ3v) is 6.75. The van der Waals surface area contributed by atoms with E-state index in [0.717, 1.165) is 0 Å². The van der Waals surface area contributed by atoms with Crippen LogP contribution in [-0.4, -0.2) is 34.4 Å². The van der Waals surface area contributed by atoms with E-state index in [-0.39, 0.29) is 16.4 Å². The van der Waals surface area contributed by atoms with Crippen LogP contribution in [0.5, 0.6) is 0 Å². The van der Waals surface area contributed by atoms with Gasteiger partial charge >= 0.3 is 0 Å². The first-order valence-electron chi connectivity index (χ1n) is 6.47. The molecule has 1 aliphatic heterocycles. The summed E-state index contributed by atoms with van der Waals surface area (Å²) in [4.78, 5) is 0.0435. The maximum absolute atomic E-state index is 12.3. The van der Waals surface area contributed by atoms with E-state index in [1.807, 2.05) is 6.07 Å². The van der Waals surface area contributed by atoms with Crippen molar-refractivity contribution >= 4 is 19.9 Å². The SMILES string of the molecule is Cc1cc(S(=O)(=O)NC2CCCS(=O)(=O)C2)ccc1C#N. The van der Waals surface area contributed by atoms with Gasteiger partial charge in [-0.2, -0.15) is 5.26 Å². The Hall–Kier alpha value is -1.43. The van der Waals surface area contributed by atoms with Crippen molar-refractivity contribution in [2.75, 3.05) is 11.5 Å². The standard InChI is InChI=1S/C13H16N2O4S2/c1-10-7-13(5-4-11(10)8-14)21(18,19)15-12-3-2-6-20(16,17)9-12/h4-5,7,12,15H,2-3,6,9H2,1H3. The van der Waals surface area contributed by atoms with Crippen molar-refractivity contribution in [2.45, 2.75) is 30.7 Å². The van der Waals surface area contributed by atoms with Gasteiger partial charge in [-0.05, 0) is 43.5 Å². The van der Waals surface area contributed by atoms with E-state index in [1.54, 1.807) is 6.92 Å². The zero-order valence-electron chi connectivity index (χ0n) is 11.5. The van der Waals surface area contributed by atoms with Crippen LogP contribution in [0.2, 0.25) is 0 Å². The number of sulfone groups is 1. The molecule has 0 spiro atoms. The van der Waals surface area contributed by atoms with Gasteiger partial charge in [0.05, 0.1) is 28.0 Å². The average molecular weight is 328 g/mol. The van der Waals surface area contributed by atoms with Crippen LogP contribution < -0.4 is 4.72 Å². The first-order valence-corrected chi connectivity index (χ1v) is 9.77. The molecule has 2 rings (SSSR count). The largest absolute Gasteiger partial charge is 0.240 e. The molecule has 6 nitrogen and oxygen atoms in total. The van der Waals surface area contributed by atoms with Crippen molar-refractivity contribution in [3.8, 4) is 6.07 Å². The molecule has 1 aromatic carbocycles. The summed E-state index contributed by atoms with van der Waals surface area (Å²) in [6, 6.07) is 5.59.